The Morgan fingerprint density at radius 2 is 1.45 bits per heavy atom. The molecular weight excluding hydrogens is 384 g/mol. The van der Waals surface area contributed by atoms with Gasteiger partial charge in [-0.3, -0.25) is 4.90 Å². The molecule has 1 saturated heterocycles. The molecule has 4 rings (SSSR count). The number of hydrogen-bond donors (Lipinski definition) is 0. The van der Waals surface area contributed by atoms with Crippen LogP contribution in [0.3, 0.4) is 0 Å². The van der Waals surface area contributed by atoms with Crippen LogP contribution < -0.4 is 14.4 Å². The Morgan fingerprint density at radius 3 is 2.10 bits per heavy atom. The number of anilines is 1. The van der Waals surface area contributed by atoms with E-state index in [9.17, 15) is 0 Å². The molecule has 0 amide bonds. The fourth-order valence-electron chi connectivity index (χ4n) is 4.41. The Morgan fingerprint density at radius 1 is 0.774 bits per heavy atom. The van der Waals surface area contributed by atoms with Crippen LogP contribution in [0.4, 0.5) is 5.69 Å². The van der Waals surface area contributed by atoms with Gasteiger partial charge in [0.15, 0.2) is 11.5 Å². The maximum Gasteiger partial charge on any atom is 0.160 e. The average Bonchev–Trinajstić information content (AvgIpc) is 2.84. The van der Waals surface area contributed by atoms with Gasteiger partial charge in [-0.15, -0.1) is 0 Å². The fraction of sp³-hybridized carbons (Fsp3) is 0.333. The third kappa shape index (κ3) is 5.02. The van der Waals surface area contributed by atoms with Crippen molar-refractivity contribution in [2.45, 2.75) is 19.4 Å². The van der Waals surface area contributed by atoms with E-state index in [1.54, 1.807) is 14.2 Å². The number of ether oxygens (including phenoxy) is 2. The number of hydrogen-bond acceptors (Lipinski definition) is 4. The Labute approximate surface area is 186 Å². The third-order valence-corrected chi connectivity index (χ3v) is 6.22. The predicted molar refractivity (Wildman–Crippen MR) is 127 cm³/mol. The van der Waals surface area contributed by atoms with E-state index in [0.29, 0.717) is 6.04 Å². The first kappa shape index (κ1) is 21.3. The molecule has 0 unspecified atom stereocenters. The molecular formula is C27H32N2O2. The molecule has 162 valence electrons. The Balaban J connectivity index is 1.55. The van der Waals surface area contributed by atoms with Crippen LogP contribution >= 0.6 is 0 Å². The van der Waals surface area contributed by atoms with Gasteiger partial charge < -0.3 is 14.4 Å². The number of benzene rings is 3. The van der Waals surface area contributed by atoms with Crippen molar-refractivity contribution >= 4 is 5.69 Å². The van der Waals surface area contributed by atoms with Crippen LogP contribution in [0.15, 0.2) is 72.8 Å². The van der Waals surface area contributed by atoms with Gasteiger partial charge in [0, 0.05) is 37.9 Å². The molecule has 4 nitrogen and oxygen atoms in total. The van der Waals surface area contributed by atoms with E-state index in [2.05, 4.69) is 83.5 Å². The van der Waals surface area contributed by atoms with Crippen molar-refractivity contribution in [1.29, 1.82) is 0 Å². The summed E-state index contributed by atoms with van der Waals surface area (Å²) in [5.41, 5.74) is 5.23. The van der Waals surface area contributed by atoms with Crippen LogP contribution in [0.2, 0.25) is 0 Å². The minimum Gasteiger partial charge on any atom is -0.493 e. The molecule has 31 heavy (non-hydrogen) atoms. The molecule has 0 N–H and O–H groups in total. The van der Waals surface area contributed by atoms with Gasteiger partial charge in [-0.05, 0) is 48.7 Å². The lowest BCUT2D eigenvalue weighted by Gasteiger charge is -2.40. The van der Waals surface area contributed by atoms with Gasteiger partial charge in [0.05, 0.1) is 14.2 Å². The van der Waals surface area contributed by atoms with E-state index in [-0.39, 0.29) is 0 Å². The van der Waals surface area contributed by atoms with Gasteiger partial charge in [-0.2, -0.15) is 0 Å². The van der Waals surface area contributed by atoms with Crippen molar-refractivity contribution in [3.8, 4) is 11.5 Å². The molecule has 1 aliphatic heterocycles. The standard InChI is InChI=1S/C27H32N2O2/c1-21-9-12-23(13-10-21)25(19-22-11-14-26(30-2)27(20-22)31-3)29-17-15-28(16-18-29)24-7-5-4-6-8-24/h4-14,20,25H,15-19H2,1-3H3/t25-/m1/s1. The van der Waals surface area contributed by atoms with Gasteiger partial charge in [0.25, 0.3) is 0 Å². The second-order valence-corrected chi connectivity index (χ2v) is 8.18. The summed E-state index contributed by atoms with van der Waals surface area (Å²) >= 11 is 0. The van der Waals surface area contributed by atoms with E-state index >= 15 is 0 Å². The van der Waals surface area contributed by atoms with Crippen molar-refractivity contribution in [2.75, 3.05) is 45.3 Å². The van der Waals surface area contributed by atoms with E-state index in [4.69, 9.17) is 9.47 Å². The molecule has 3 aromatic carbocycles. The Hall–Kier alpha value is -2.98. The molecule has 0 aliphatic carbocycles. The van der Waals surface area contributed by atoms with Crippen LogP contribution in [-0.2, 0) is 6.42 Å². The van der Waals surface area contributed by atoms with Crippen LogP contribution in [0.1, 0.15) is 22.7 Å². The minimum absolute atomic E-state index is 0.330. The lowest BCUT2D eigenvalue weighted by atomic mass is 9.95. The quantitative estimate of drug-likeness (QED) is 0.534. The van der Waals surface area contributed by atoms with Gasteiger partial charge in [-0.1, -0.05) is 54.1 Å². The molecule has 3 aromatic rings. The lowest BCUT2D eigenvalue weighted by Crippen LogP contribution is -2.48. The minimum atomic E-state index is 0.330. The first-order valence-electron chi connectivity index (χ1n) is 11.0. The Kier molecular flexibility index (Phi) is 6.78. The summed E-state index contributed by atoms with van der Waals surface area (Å²) in [5.74, 6) is 1.56. The van der Waals surface area contributed by atoms with Crippen molar-refractivity contribution in [3.63, 3.8) is 0 Å². The average molecular weight is 417 g/mol. The second-order valence-electron chi connectivity index (χ2n) is 8.18. The number of methoxy groups -OCH3 is 2. The SMILES string of the molecule is COc1ccc(C[C@H](c2ccc(C)cc2)N2CCN(c3ccccc3)CC2)cc1OC. The van der Waals surface area contributed by atoms with E-state index < -0.39 is 0 Å². The first-order valence-corrected chi connectivity index (χ1v) is 11.0. The van der Waals surface area contributed by atoms with Crippen LogP contribution in [0.5, 0.6) is 11.5 Å². The molecule has 0 radical (unpaired) electrons. The highest BCUT2D eigenvalue weighted by atomic mass is 16.5. The van der Waals surface area contributed by atoms with Gasteiger partial charge in [-0.25, -0.2) is 0 Å². The molecule has 0 spiro atoms. The van der Waals surface area contributed by atoms with Gasteiger partial charge >= 0.3 is 0 Å². The van der Waals surface area contributed by atoms with Crippen LogP contribution in [0, 0.1) is 6.92 Å². The molecule has 1 aliphatic rings. The summed E-state index contributed by atoms with van der Waals surface area (Å²) in [7, 11) is 3.38. The third-order valence-electron chi connectivity index (χ3n) is 6.22. The molecule has 0 saturated carbocycles. The highest BCUT2D eigenvalue weighted by molar-refractivity contribution is 5.46. The van der Waals surface area contributed by atoms with Crippen molar-refractivity contribution in [2.24, 2.45) is 0 Å². The van der Waals surface area contributed by atoms with Crippen LogP contribution in [0.25, 0.3) is 0 Å². The number of piperazine rings is 1. The highest BCUT2D eigenvalue weighted by Gasteiger charge is 2.26. The van der Waals surface area contributed by atoms with Gasteiger partial charge in [0.1, 0.15) is 0 Å². The Bertz CT molecular complexity index is 964. The summed E-state index contributed by atoms with van der Waals surface area (Å²) < 4.78 is 11.0. The molecule has 1 atom stereocenters. The summed E-state index contributed by atoms with van der Waals surface area (Å²) in [6.45, 7) is 6.31. The second kappa shape index (κ2) is 9.88. The number of aryl methyl sites for hydroxylation is 1. The summed E-state index contributed by atoms with van der Waals surface area (Å²) in [4.78, 5) is 5.11. The molecule has 0 aromatic heterocycles. The van der Waals surface area contributed by atoms with E-state index in [0.717, 1.165) is 44.1 Å². The fourth-order valence-corrected chi connectivity index (χ4v) is 4.41. The van der Waals surface area contributed by atoms with Crippen LogP contribution in [-0.4, -0.2) is 45.3 Å². The first-order chi connectivity index (χ1) is 15.2. The molecule has 4 heteroatoms. The van der Waals surface area contributed by atoms with Crippen molar-refractivity contribution < 1.29 is 9.47 Å². The number of rotatable bonds is 7. The van der Waals surface area contributed by atoms with Crippen molar-refractivity contribution in [3.05, 3.63) is 89.5 Å². The maximum atomic E-state index is 5.54. The van der Waals surface area contributed by atoms with Gasteiger partial charge in [0.2, 0.25) is 0 Å². The largest absolute Gasteiger partial charge is 0.493 e. The number of nitrogens with zero attached hydrogens (tertiary/aromatic N) is 2. The molecule has 0 bridgehead atoms. The topological polar surface area (TPSA) is 24.9 Å². The summed E-state index contributed by atoms with van der Waals surface area (Å²) in [5, 5.41) is 0. The zero-order chi connectivity index (χ0) is 21.6. The van der Waals surface area contributed by atoms with Crippen molar-refractivity contribution in [1.82, 2.24) is 4.90 Å². The smallest absolute Gasteiger partial charge is 0.160 e. The van der Waals surface area contributed by atoms with E-state index in [1.807, 2.05) is 6.07 Å². The van der Waals surface area contributed by atoms with E-state index in [1.165, 1.54) is 22.4 Å². The normalized spacial score (nSPS) is 15.5. The number of para-hydroxylation sites is 1. The predicted octanol–water partition coefficient (Wildman–Crippen LogP) is 5.12. The maximum absolute atomic E-state index is 5.54. The zero-order valence-corrected chi connectivity index (χ0v) is 18.8. The highest BCUT2D eigenvalue weighted by Crippen LogP contribution is 2.32. The molecule has 1 fully saturated rings. The molecule has 1 heterocycles. The summed E-state index contributed by atoms with van der Waals surface area (Å²) in [6, 6.07) is 26.3. The lowest BCUT2D eigenvalue weighted by molar-refractivity contribution is 0.184. The monoisotopic (exact) mass is 416 g/mol. The summed E-state index contributed by atoms with van der Waals surface area (Å²) in [6.07, 6.45) is 0.939. The zero-order valence-electron chi connectivity index (χ0n) is 18.8.